The van der Waals surface area contributed by atoms with E-state index in [1.54, 1.807) is 6.07 Å². The first-order chi connectivity index (χ1) is 8.27. The van der Waals surface area contributed by atoms with E-state index in [2.05, 4.69) is 18.3 Å². The molecule has 2 nitrogen and oxygen atoms in total. The second-order valence-corrected chi connectivity index (χ2v) is 5.21. The van der Waals surface area contributed by atoms with Crippen molar-refractivity contribution < 1.29 is 5.11 Å². The third-order valence-corrected chi connectivity index (χ3v) is 3.91. The predicted octanol–water partition coefficient (Wildman–Crippen LogP) is 3.20. The Morgan fingerprint density at radius 2 is 2.24 bits per heavy atom. The Morgan fingerprint density at radius 3 is 3.00 bits per heavy atom. The molecule has 1 unspecified atom stereocenters. The van der Waals surface area contributed by atoms with Gasteiger partial charge >= 0.3 is 0 Å². The summed E-state index contributed by atoms with van der Waals surface area (Å²) in [6, 6.07) is 7.84. The molecule has 1 heterocycles. The number of phenolic OH excluding ortho intramolecular Hbond substituents is 1. The molecule has 94 valence electrons. The van der Waals surface area contributed by atoms with Crippen LogP contribution in [0.15, 0.2) is 24.3 Å². The summed E-state index contributed by atoms with van der Waals surface area (Å²) in [5.74, 6) is 0.391. The summed E-state index contributed by atoms with van der Waals surface area (Å²) < 4.78 is 0. The Morgan fingerprint density at radius 1 is 1.35 bits per heavy atom. The molecule has 1 saturated heterocycles. The standard InChI is InChI=1S/C15H23NO/c1-2-8-15(9-3-4-10-16-12-15)13-6-5-7-14(17)11-13/h5-7,11,16-17H,2-4,8-10,12H2,1H3. The molecule has 17 heavy (non-hydrogen) atoms. The number of phenols is 1. The molecule has 0 bridgehead atoms. The minimum atomic E-state index is 0.226. The molecular weight excluding hydrogens is 210 g/mol. The Balaban J connectivity index is 2.31. The summed E-state index contributed by atoms with van der Waals surface area (Å²) in [7, 11) is 0. The monoisotopic (exact) mass is 233 g/mol. The van der Waals surface area contributed by atoms with Gasteiger partial charge in [0.2, 0.25) is 0 Å². The van der Waals surface area contributed by atoms with Gasteiger partial charge in [0.15, 0.2) is 0 Å². The van der Waals surface area contributed by atoms with Gasteiger partial charge in [0.25, 0.3) is 0 Å². The predicted molar refractivity (Wildman–Crippen MR) is 71.4 cm³/mol. The number of hydrogen-bond donors (Lipinski definition) is 2. The summed E-state index contributed by atoms with van der Waals surface area (Å²) in [5.41, 5.74) is 1.53. The van der Waals surface area contributed by atoms with Gasteiger partial charge in [-0.25, -0.2) is 0 Å². The van der Waals surface area contributed by atoms with Crippen LogP contribution in [0.4, 0.5) is 0 Å². The van der Waals surface area contributed by atoms with Crippen LogP contribution in [0.2, 0.25) is 0 Å². The van der Waals surface area contributed by atoms with Crippen LogP contribution in [-0.2, 0) is 5.41 Å². The molecule has 0 spiro atoms. The highest BCUT2D eigenvalue weighted by atomic mass is 16.3. The van der Waals surface area contributed by atoms with Gasteiger partial charge in [-0.1, -0.05) is 31.9 Å². The number of nitrogens with one attached hydrogen (secondary N) is 1. The summed E-state index contributed by atoms with van der Waals surface area (Å²) in [4.78, 5) is 0. The second kappa shape index (κ2) is 5.54. The van der Waals surface area contributed by atoms with E-state index in [9.17, 15) is 5.11 Å². The highest BCUT2D eigenvalue weighted by Crippen LogP contribution is 2.36. The molecule has 2 rings (SSSR count). The maximum Gasteiger partial charge on any atom is 0.115 e. The number of benzene rings is 1. The van der Waals surface area contributed by atoms with Crippen molar-refractivity contribution >= 4 is 0 Å². The highest BCUT2D eigenvalue weighted by Gasteiger charge is 2.32. The van der Waals surface area contributed by atoms with E-state index in [4.69, 9.17) is 0 Å². The normalized spacial score (nSPS) is 25.5. The molecule has 1 atom stereocenters. The summed E-state index contributed by atoms with van der Waals surface area (Å²) in [6.45, 7) is 4.42. The second-order valence-electron chi connectivity index (χ2n) is 5.21. The van der Waals surface area contributed by atoms with Crippen LogP contribution in [0.1, 0.15) is 44.6 Å². The number of rotatable bonds is 3. The van der Waals surface area contributed by atoms with E-state index in [0.29, 0.717) is 5.75 Å². The molecule has 2 heteroatoms. The van der Waals surface area contributed by atoms with Gasteiger partial charge in [0, 0.05) is 12.0 Å². The van der Waals surface area contributed by atoms with E-state index in [0.717, 1.165) is 13.1 Å². The lowest BCUT2D eigenvalue weighted by atomic mass is 9.73. The van der Waals surface area contributed by atoms with Crippen molar-refractivity contribution in [2.75, 3.05) is 13.1 Å². The Labute approximate surface area is 104 Å². The van der Waals surface area contributed by atoms with Crippen LogP contribution >= 0.6 is 0 Å². The summed E-state index contributed by atoms with van der Waals surface area (Å²) in [6.07, 6.45) is 6.17. The maximum absolute atomic E-state index is 9.68. The van der Waals surface area contributed by atoms with E-state index < -0.39 is 0 Å². The average molecular weight is 233 g/mol. The minimum Gasteiger partial charge on any atom is -0.508 e. The average Bonchev–Trinajstić information content (AvgIpc) is 2.56. The fourth-order valence-corrected chi connectivity index (χ4v) is 3.05. The first-order valence-corrected chi connectivity index (χ1v) is 6.77. The van der Waals surface area contributed by atoms with Crippen molar-refractivity contribution in [2.24, 2.45) is 0 Å². The van der Waals surface area contributed by atoms with Gasteiger partial charge in [-0.3, -0.25) is 0 Å². The lowest BCUT2D eigenvalue weighted by molar-refractivity contribution is 0.355. The lowest BCUT2D eigenvalue weighted by Gasteiger charge is -2.33. The molecule has 0 radical (unpaired) electrons. The van der Waals surface area contributed by atoms with Gasteiger partial charge in [-0.05, 0) is 43.5 Å². The van der Waals surface area contributed by atoms with Gasteiger partial charge in [-0.2, -0.15) is 0 Å². The fraction of sp³-hybridized carbons (Fsp3) is 0.600. The quantitative estimate of drug-likeness (QED) is 0.840. The smallest absolute Gasteiger partial charge is 0.115 e. The minimum absolute atomic E-state index is 0.226. The molecule has 0 aromatic heterocycles. The molecule has 0 aliphatic carbocycles. The van der Waals surface area contributed by atoms with Crippen molar-refractivity contribution in [1.29, 1.82) is 0 Å². The van der Waals surface area contributed by atoms with E-state index in [1.165, 1.54) is 37.7 Å². The van der Waals surface area contributed by atoms with Crippen LogP contribution in [0.5, 0.6) is 5.75 Å². The first-order valence-electron chi connectivity index (χ1n) is 6.77. The van der Waals surface area contributed by atoms with Crippen LogP contribution in [0.3, 0.4) is 0 Å². The van der Waals surface area contributed by atoms with Crippen molar-refractivity contribution in [1.82, 2.24) is 5.32 Å². The zero-order valence-electron chi connectivity index (χ0n) is 10.7. The summed E-state index contributed by atoms with van der Waals surface area (Å²) in [5, 5.41) is 13.2. The Bertz CT molecular complexity index is 354. The van der Waals surface area contributed by atoms with Gasteiger partial charge < -0.3 is 10.4 Å². The SMILES string of the molecule is CCCC1(c2cccc(O)c2)CCCCNC1. The van der Waals surface area contributed by atoms with Crippen molar-refractivity contribution in [3.63, 3.8) is 0 Å². The number of hydrogen-bond acceptors (Lipinski definition) is 2. The fourth-order valence-electron chi connectivity index (χ4n) is 3.05. The molecule has 1 aromatic carbocycles. The van der Waals surface area contributed by atoms with Gasteiger partial charge in [-0.15, -0.1) is 0 Å². The maximum atomic E-state index is 9.68. The topological polar surface area (TPSA) is 32.3 Å². The molecule has 1 aliphatic heterocycles. The first kappa shape index (κ1) is 12.4. The molecule has 1 aliphatic rings. The van der Waals surface area contributed by atoms with E-state index in [1.807, 2.05) is 12.1 Å². The molecular formula is C15H23NO. The molecule has 1 fully saturated rings. The van der Waals surface area contributed by atoms with Crippen LogP contribution in [0.25, 0.3) is 0 Å². The van der Waals surface area contributed by atoms with Crippen molar-refractivity contribution in [3.05, 3.63) is 29.8 Å². The van der Waals surface area contributed by atoms with Gasteiger partial charge in [0.05, 0.1) is 0 Å². The molecule has 0 amide bonds. The van der Waals surface area contributed by atoms with Crippen LogP contribution in [0, 0.1) is 0 Å². The lowest BCUT2D eigenvalue weighted by Crippen LogP contribution is -2.36. The summed E-state index contributed by atoms with van der Waals surface area (Å²) >= 11 is 0. The Kier molecular flexibility index (Phi) is 4.06. The molecule has 0 saturated carbocycles. The van der Waals surface area contributed by atoms with E-state index in [-0.39, 0.29) is 5.41 Å². The largest absolute Gasteiger partial charge is 0.508 e. The Hall–Kier alpha value is -1.02. The molecule has 2 N–H and O–H groups in total. The molecule has 1 aromatic rings. The highest BCUT2D eigenvalue weighted by molar-refractivity contribution is 5.33. The van der Waals surface area contributed by atoms with Crippen LogP contribution < -0.4 is 5.32 Å². The van der Waals surface area contributed by atoms with Crippen molar-refractivity contribution in [3.8, 4) is 5.75 Å². The van der Waals surface area contributed by atoms with Crippen LogP contribution in [-0.4, -0.2) is 18.2 Å². The van der Waals surface area contributed by atoms with E-state index >= 15 is 0 Å². The zero-order chi connectivity index (χ0) is 12.1. The zero-order valence-corrected chi connectivity index (χ0v) is 10.7. The van der Waals surface area contributed by atoms with Crippen molar-refractivity contribution in [2.45, 2.75) is 44.4 Å². The third kappa shape index (κ3) is 2.81. The van der Waals surface area contributed by atoms with Gasteiger partial charge in [0.1, 0.15) is 5.75 Å². The number of aromatic hydroxyl groups is 1. The third-order valence-electron chi connectivity index (χ3n) is 3.91.